The van der Waals surface area contributed by atoms with Crippen LogP contribution in [0.25, 0.3) is 0 Å². The number of alkyl halides is 2. The molecule has 0 bridgehead atoms. The van der Waals surface area contributed by atoms with Gasteiger partial charge >= 0.3 is 5.92 Å². The van der Waals surface area contributed by atoms with Crippen LogP contribution in [0, 0.1) is 0 Å². The number of rotatable bonds is 16. The first kappa shape index (κ1) is 25.0. The quantitative estimate of drug-likeness (QED) is 0.140. The molecule has 0 saturated heterocycles. The molecule has 0 heterocycles. The molecule has 2 atom stereocenters. The Morgan fingerprint density at radius 1 is 0.839 bits per heavy atom. The summed E-state index contributed by atoms with van der Waals surface area (Å²) >= 11 is 0. The van der Waals surface area contributed by atoms with Crippen molar-refractivity contribution in [3.05, 3.63) is 71.8 Å². The molecule has 0 fully saturated rings. The SMILES string of the molecule is O=CC(F)(F)[C@H](OOCOCc1ccccc1)[C@@H](O)COOCOCc1ccccc1. The maximum Gasteiger partial charge on any atom is 0.333 e. The van der Waals surface area contributed by atoms with Crippen molar-refractivity contribution < 1.29 is 47.7 Å². The average molecular weight is 442 g/mol. The Kier molecular flexibility index (Phi) is 11.2. The number of aliphatic hydroxyl groups is 1. The Morgan fingerprint density at radius 2 is 1.35 bits per heavy atom. The molecule has 0 saturated carbocycles. The number of halogens is 2. The highest BCUT2D eigenvalue weighted by Crippen LogP contribution is 2.22. The van der Waals surface area contributed by atoms with E-state index in [-0.39, 0.29) is 20.0 Å². The van der Waals surface area contributed by atoms with Crippen LogP contribution < -0.4 is 0 Å². The van der Waals surface area contributed by atoms with Gasteiger partial charge in [-0.05, 0) is 11.1 Å². The highest BCUT2D eigenvalue weighted by atomic mass is 19.3. The van der Waals surface area contributed by atoms with Crippen LogP contribution >= 0.6 is 0 Å². The molecule has 31 heavy (non-hydrogen) atoms. The second-order valence-electron chi connectivity index (χ2n) is 6.30. The van der Waals surface area contributed by atoms with Crippen LogP contribution in [-0.2, 0) is 47.0 Å². The molecule has 8 nitrogen and oxygen atoms in total. The number of hydrogen-bond donors (Lipinski definition) is 1. The zero-order valence-electron chi connectivity index (χ0n) is 16.6. The van der Waals surface area contributed by atoms with Gasteiger partial charge in [0.2, 0.25) is 0 Å². The summed E-state index contributed by atoms with van der Waals surface area (Å²) in [6, 6.07) is 18.3. The summed E-state index contributed by atoms with van der Waals surface area (Å²) in [6.07, 6.45) is -4.93. The molecule has 0 spiro atoms. The van der Waals surface area contributed by atoms with Crippen molar-refractivity contribution in [3.8, 4) is 0 Å². The summed E-state index contributed by atoms with van der Waals surface area (Å²) in [4.78, 5) is 29.1. The Hall–Kier alpha value is -2.31. The molecule has 170 valence electrons. The lowest BCUT2D eigenvalue weighted by atomic mass is 10.1. The lowest BCUT2D eigenvalue weighted by molar-refractivity contribution is -0.405. The number of carbonyl (C=O) groups is 1. The van der Waals surface area contributed by atoms with E-state index in [0.29, 0.717) is 0 Å². The number of benzene rings is 2. The summed E-state index contributed by atoms with van der Waals surface area (Å²) < 4.78 is 37.8. The van der Waals surface area contributed by atoms with Crippen LogP contribution in [-0.4, -0.2) is 49.7 Å². The standard InChI is InChI=1S/C21H24F2O8/c22-21(23,14-24)20(31-30-16-27-12-18-9-5-2-6-10-18)19(25)13-28-29-15-26-11-17-7-3-1-4-8-17/h1-10,14,19-20,25H,11-13,15-16H2/t19-,20+/m0/s1. The molecule has 0 aromatic heterocycles. The molecule has 2 aromatic rings. The van der Waals surface area contributed by atoms with Crippen LogP contribution in [0.3, 0.4) is 0 Å². The molecule has 1 N–H and O–H groups in total. The molecular formula is C21H24F2O8. The average Bonchev–Trinajstić information content (AvgIpc) is 2.79. The minimum atomic E-state index is -4.04. The fourth-order valence-electron chi connectivity index (χ4n) is 2.33. The highest BCUT2D eigenvalue weighted by molar-refractivity contribution is 5.60. The summed E-state index contributed by atoms with van der Waals surface area (Å²) in [5.41, 5.74) is 1.73. The van der Waals surface area contributed by atoms with E-state index < -0.39 is 37.8 Å². The van der Waals surface area contributed by atoms with Gasteiger partial charge in [0.1, 0.15) is 12.7 Å². The maximum atomic E-state index is 13.8. The minimum absolute atomic E-state index is 0.154. The number of carbonyl (C=O) groups excluding carboxylic acids is 1. The first-order valence-corrected chi connectivity index (χ1v) is 9.31. The summed E-state index contributed by atoms with van der Waals surface area (Å²) in [5, 5.41) is 9.91. The molecular weight excluding hydrogens is 418 g/mol. The third-order valence-electron chi connectivity index (χ3n) is 3.87. The molecule has 0 aliphatic heterocycles. The van der Waals surface area contributed by atoms with E-state index in [9.17, 15) is 18.7 Å². The second-order valence-corrected chi connectivity index (χ2v) is 6.30. The van der Waals surface area contributed by atoms with Gasteiger partial charge in [0.15, 0.2) is 26.0 Å². The number of ether oxygens (including phenoxy) is 2. The molecule has 2 aromatic carbocycles. The molecule has 2 rings (SSSR count). The lowest BCUT2D eigenvalue weighted by Crippen LogP contribution is -2.48. The van der Waals surface area contributed by atoms with Gasteiger partial charge < -0.3 is 14.6 Å². The molecule has 10 heteroatoms. The van der Waals surface area contributed by atoms with Crippen LogP contribution in [0.15, 0.2) is 60.7 Å². The monoisotopic (exact) mass is 442 g/mol. The maximum absolute atomic E-state index is 13.8. The number of aliphatic hydroxyl groups excluding tert-OH is 1. The van der Waals surface area contributed by atoms with Crippen LogP contribution in [0.5, 0.6) is 0 Å². The third kappa shape index (κ3) is 9.57. The van der Waals surface area contributed by atoms with Crippen molar-refractivity contribution in [2.75, 3.05) is 20.2 Å². The Morgan fingerprint density at radius 3 is 1.87 bits per heavy atom. The summed E-state index contributed by atoms with van der Waals surface area (Å²) in [7, 11) is 0. The third-order valence-corrected chi connectivity index (χ3v) is 3.87. The van der Waals surface area contributed by atoms with Crippen molar-refractivity contribution in [2.45, 2.75) is 31.3 Å². The number of aldehydes is 1. The molecule has 0 aliphatic carbocycles. The second kappa shape index (κ2) is 13.9. The summed E-state index contributed by atoms with van der Waals surface area (Å²) in [5.74, 6) is -4.04. The molecule has 0 amide bonds. The van der Waals surface area contributed by atoms with E-state index in [0.717, 1.165) is 11.1 Å². The summed E-state index contributed by atoms with van der Waals surface area (Å²) in [6.45, 7) is -1.13. The first-order chi connectivity index (χ1) is 15.0. The number of hydrogen-bond acceptors (Lipinski definition) is 8. The lowest BCUT2D eigenvalue weighted by Gasteiger charge is -2.25. The van der Waals surface area contributed by atoms with Gasteiger partial charge in [0.05, 0.1) is 13.2 Å². The molecule has 0 unspecified atom stereocenters. The van der Waals surface area contributed by atoms with Gasteiger partial charge in [0, 0.05) is 0 Å². The Balaban J connectivity index is 1.66. The van der Waals surface area contributed by atoms with E-state index in [1.54, 1.807) is 12.1 Å². The van der Waals surface area contributed by atoms with Gasteiger partial charge in [-0.3, -0.25) is 4.79 Å². The normalized spacial score (nSPS) is 13.6. The van der Waals surface area contributed by atoms with Crippen LogP contribution in [0.1, 0.15) is 11.1 Å². The molecule has 0 radical (unpaired) electrons. The van der Waals surface area contributed by atoms with Crippen LogP contribution in [0.2, 0.25) is 0 Å². The van der Waals surface area contributed by atoms with Crippen LogP contribution in [0.4, 0.5) is 8.78 Å². The van der Waals surface area contributed by atoms with Gasteiger partial charge in [0.25, 0.3) is 0 Å². The fraction of sp³-hybridized carbons (Fsp3) is 0.381. The van der Waals surface area contributed by atoms with Crippen molar-refractivity contribution in [1.29, 1.82) is 0 Å². The smallest absolute Gasteiger partial charge is 0.333 e. The van der Waals surface area contributed by atoms with Crippen molar-refractivity contribution in [1.82, 2.24) is 0 Å². The van der Waals surface area contributed by atoms with E-state index in [2.05, 4.69) is 19.6 Å². The van der Waals surface area contributed by atoms with E-state index in [4.69, 9.17) is 9.47 Å². The predicted octanol–water partition coefficient (Wildman–Crippen LogP) is 2.80. The Labute approximate surface area is 178 Å². The largest absolute Gasteiger partial charge is 0.387 e. The minimum Gasteiger partial charge on any atom is -0.387 e. The first-order valence-electron chi connectivity index (χ1n) is 9.31. The van der Waals surface area contributed by atoms with Gasteiger partial charge in [-0.1, -0.05) is 60.7 Å². The van der Waals surface area contributed by atoms with Gasteiger partial charge in [-0.15, -0.1) is 0 Å². The zero-order chi connectivity index (χ0) is 22.4. The van der Waals surface area contributed by atoms with Gasteiger partial charge in [-0.2, -0.15) is 8.78 Å². The van der Waals surface area contributed by atoms with E-state index >= 15 is 0 Å². The predicted molar refractivity (Wildman–Crippen MR) is 102 cm³/mol. The topological polar surface area (TPSA) is 92.7 Å². The van der Waals surface area contributed by atoms with Crippen molar-refractivity contribution in [3.63, 3.8) is 0 Å². The Bertz CT molecular complexity index is 733. The van der Waals surface area contributed by atoms with E-state index in [1.165, 1.54) is 0 Å². The van der Waals surface area contributed by atoms with Crippen molar-refractivity contribution >= 4 is 6.29 Å². The van der Waals surface area contributed by atoms with Gasteiger partial charge in [-0.25, -0.2) is 19.6 Å². The van der Waals surface area contributed by atoms with Crippen molar-refractivity contribution in [2.24, 2.45) is 0 Å². The fourth-order valence-corrected chi connectivity index (χ4v) is 2.33. The highest BCUT2D eigenvalue weighted by Gasteiger charge is 2.46. The molecule has 0 aliphatic rings. The van der Waals surface area contributed by atoms with E-state index in [1.807, 2.05) is 48.5 Å². The zero-order valence-corrected chi connectivity index (χ0v) is 16.6.